The Hall–Kier alpha value is -1.56. The summed E-state index contributed by atoms with van der Waals surface area (Å²) in [6.07, 6.45) is 0.210. The van der Waals surface area contributed by atoms with Gasteiger partial charge in [-0.3, -0.25) is 9.48 Å². The topological polar surface area (TPSA) is 84.4 Å². The predicted octanol–water partition coefficient (Wildman–Crippen LogP) is -0.482. The molecule has 0 radical (unpaired) electrons. The van der Waals surface area contributed by atoms with E-state index in [4.69, 9.17) is 5.73 Å². The summed E-state index contributed by atoms with van der Waals surface area (Å²) in [6.45, 7) is 2.72. The van der Waals surface area contributed by atoms with E-state index in [9.17, 15) is 9.90 Å². The molecule has 3 N–H and O–H groups in total. The number of hydrogen-bond acceptors (Lipinski definition) is 4. The number of rotatable bonds is 1. The number of carbonyl (C=O) groups excluding carboxylic acids is 1. The molecular formula is C10H16N4O2. The van der Waals surface area contributed by atoms with Crippen LogP contribution in [0, 0.1) is 6.92 Å². The van der Waals surface area contributed by atoms with E-state index >= 15 is 0 Å². The van der Waals surface area contributed by atoms with E-state index in [0.717, 1.165) is 0 Å². The molecule has 1 aliphatic rings. The van der Waals surface area contributed by atoms with Crippen molar-refractivity contribution in [1.82, 2.24) is 14.7 Å². The van der Waals surface area contributed by atoms with E-state index in [0.29, 0.717) is 36.6 Å². The fourth-order valence-electron chi connectivity index (χ4n) is 2.00. The van der Waals surface area contributed by atoms with Crippen molar-refractivity contribution >= 4 is 11.6 Å². The van der Waals surface area contributed by atoms with Crippen molar-refractivity contribution in [2.75, 3.05) is 18.8 Å². The van der Waals surface area contributed by atoms with Gasteiger partial charge in [-0.05, 0) is 13.3 Å². The van der Waals surface area contributed by atoms with Gasteiger partial charge < -0.3 is 15.7 Å². The summed E-state index contributed by atoms with van der Waals surface area (Å²) >= 11 is 0. The number of nitrogen functional groups attached to an aromatic ring is 1. The lowest BCUT2D eigenvalue weighted by molar-refractivity contribution is 0.0755. The highest BCUT2D eigenvalue weighted by Gasteiger charge is 2.29. The van der Waals surface area contributed by atoms with Gasteiger partial charge in [0, 0.05) is 20.1 Å². The minimum Gasteiger partial charge on any atom is -0.395 e. The summed E-state index contributed by atoms with van der Waals surface area (Å²) in [5.74, 6) is -0.155. The molecule has 2 heterocycles. The zero-order chi connectivity index (χ0) is 11.9. The number of aliphatic hydroxyl groups is 1. The summed E-state index contributed by atoms with van der Waals surface area (Å²) in [4.78, 5) is 13.7. The van der Waals surface area contributed by atoms with Gasteiger partial charge >= 0.3 is 0 Å². The summed E-state index contributed by atoms with van der Waals surface area (Å²) in [6, 6.07) is 0. The van der Waals surface area contributed by atoms with Crippen molar-refractivity contribution < 1.29 is 9.90 Å². The van der Waals surface area contributed by atoms with Crippen LogP contribution in [0.4, 0.5) is 5.69 Å². The lowest BCUT2D eigenvalue weighted by Gasteiger charge is -2.15. The fourth-order valence-corrected chi connectivity index (χ4v) is 2.00. The molecule has 1 atom stereocenters. The number of aryl methyl sites for hydroxylation is 2. The van der Waals surface area contributed by atoms with Gasteiger partial charge in [0.1, 0.15) is 5.69 Å². The number of nitrogens with zero attached hydrogens (tertiary/aromatic N) is 3. The average Bonchev–Trinajstić information content (AvgIpc) is 2.73. The Labute approximate surface area is 93.6 Å². The molecule has 0 spiro atoms. The summed E-state index contributed by atoms with van der Waals surface area (Å²) in [7, 11) is 1.70. The van der Waals surface area contributed by atoms with Crippen LogP contribution in [0.2, 0.25) is 0 Å². The smallest absolute Gasteiger partial charge is 0.274 e. The maximum Gasteiger partial charge on any atom is 0.274 e. The molecule has 1 aromatic heterocycles. The minimum absolute atomic E-state index is 0.155. The average molecular weight is 224 g/mol. The number of carbonyl (C=O) groups is 1. The van der Waals surface area contributed by atoms with Crippen molar-refractivity contribution in [2.24, 2.45) is 7.05 Å². The normalized spacial score (nSPS) is 20.4. The predicted molar refractivity (Wildman–Crippen MR) is 58.9 cm³/mol. The number of aliphatic hydroxyl groups excluding tert-OH is 1. The maximum absolute atomic E-state index is 12.1. The van der Waals surface area contributed by atoms with Gasteiger partial charge in [0.15, 0.2) is 0 Å². The zero-order valence-corrected chi connectivity index (χ0v) is 9.47. The lowest BCUT2D eigenvalue weighted by atomic mass is 10.3. The molecule has 0 aromatic carbocycles. The van der Waals surface area contributed by atoms with Crippen molar-refractivity contribution in [3.8, 4) is 0 Å². The van der Waals surface area contributed by atoms with E-state index in [1.54, 1.807) is 18.9 Å². The van der Waals surface area contributed by atoms with Crippen LogP contribution in [-0.2, 0) is 7.05 Å². The first-order chi connectivity index (χ1) is 7.50. The standard InChI is InChI=1S/C10H16N4O2/c1-6-8(11)9(13(2)12-6)10(16)14-4-3-7(15)5-14/h7,15H,3-5,11H2,1-2H3/t7-/m1/s1. The van der Waals surface area contributed by atoms with Crippen molar-refractivity contribution in [3.05, 3.63) is 11.4 Å². The molecule has 16 heavy (non-hydrogen) atoms. The Morgan fingerprint density at radius 1 is 1.62 bits per heavy atom. The highest BCUT2D eigenvalue weighted by Crippen LogP contribution is 2.20. The van der Waals surface area contributed by atoms with E-state index in [1.165, 1.54) is 4.68 Å². The van der Waals surface area contributed by atoms with Crippen molar-refractivity contribution in [1.29, 1.82) is 0 Å². The Morgan fingerprint density at radius 2 is 2.31 bits per heavy atom. The van der Waals surface area contributed by atoms with Gasteiger partial charge in [-0.2, -0.15) is 5.10 Å². The summed E-state index contributed by atoms with van der Waals surface area (Å²) in [5.41, 5.74) is 7.31. The number of hydrogen-bond donors (Lipinski definition) is 2. The first kappa shape index (κ1) is 10.9. The number of aromatic nitrogens is 2. The summed E-state index contributed by atoms with van der Waals surface area (Å²) < 4.78 is 1.50. The molecule has 6 nitrogen and oxygen atoms in total. The van der Waals surface area contributed by atoms with Crippen LogP contribution in [0.5, 0.6) is 0 Å². The first-order valence-corrected chi connectivity index (χ1v) is 5.27. The molecule has 1 amide bonds. The Morgan fingerprint density at radius 3 is 2.75 bits per heavy atom. The Bertz CT molecular complexity index is 427. The van der Waals surface area contributed by atoms with Crippen molar-refractivity contribution in [3.63, 3.8) is 0 Å². The number of amides is 1. The third-order valence-corrected chi connectivity index (χ3v) is 2.92. The van der Waals surface area contributed by atoms with Gasteiger partial charge in [-0.25, -0.2) is 0 Å². The second-order valence-electron chi connectivity index (χ2n) is 4.16. The van der Waals surface area contributed by atoms with Crippen LogP contribution in [0.25, 0.3) is 0 Å². The van der Waals surface area contributed by atoms with E-state index in [1.807, 2.05) is 0 Å². The number of nitrogens with two attached hydrogens (primary N) is 1. The molecule has 2 rings (SSSR count). The number of β-amino-alcohol motifs (C(OH)–C–C–N with tert-alkyl or cyclic N) is 1. The van der Waals surface area contributed by atoms with Crippen LogP contribution < -0.4 is 5.73 Å². The molecule has 0 saturated carbocycles. The Balaban J connectivity index is 2.27. The summed E-state index contributed by atoms with van der Waals surface area (Å²) in [5, 5.41) is 13.5. The molecule has 0 aliphatic carbocycles. The van der Waals surface area contributed by atoms with Crippen LogP contribution in [0.3, 0.4) is 0 Å². The van der Waals surface area contributed by atoms with Crippen LogP contribution in [0.1, 0.15) is 22.6 Å². The molecule has 1 saturated heterocycles. The van der Waals surface area contributed by atoms with Crippen LogP contribution in [-0.4, -0.2) is 44.9 Å². The molecule has 88 valence electrons. The van der Waals surface area contributed by atoms with E-state index < -0.39 is 6.10 Å². The second-order valence-corrected chi connectivity index (χ2v) is 4.16. The molecule has 0 unspecified atom stereocenters. The van der Waals surface area contributed by atoms with Gasteiger partial charge in [0.25, 0.3) is 5.91 Å². The fraction of sp³-hybridized carbons (Fsp3) is 0.600. The molecule has 1 fully saturated rings. The second kappa shape index (κ2) is 3.79. The van der Waals surface area contributed by atoms with Gasteiger partial charge in [0.2, 0.25) is 0 Å². The van der Waals surface area contributed by atoms with E-state index in [2.05, 4.69) is 5.10 Å². The van der Waals surface area contributed by atoms with Crippen LogP contribution in [0.15, 0.2) is 0 Å². The van der Waals surface area contributed by atoms with Gasteiger partial charge in [-0.1, -0.05) is 0 Å². The molecule has 1 aliphatic heterocycles. The van der Waals surface area contributed by atoms with Gasteiger partial charge in [-0.15, -0.1) is 0 Å². The number of anilines is 1. The monoisotopic (exact) mass is 224 g/mol. The largest absolute Gasteiger partial charge is 0.395 e. The first-order valence-electron chi connectivity index (χ1n) is 5.27. The lowest BCUT2D eigenvalue weighted by Crippen LogP contribution is -2.31. The molecule has 6 heteroatoms. The van der Waals surface area contributed by atoms with E-state index in [-0.39, 0.29) is 5.91 Å². The quantitative estimate of drug-likeness (QED) is 0.674. The maximum atomic E-state index is 12.1. The van der Waals surface area contributed by atoms with Gasteiger partial charge in [0.05, 0.1) is 17.5 Å². The Kier molecular flexibility index (Phi) is 2.59. The zero-order valence-electron chi connectivity index (χ0n) is 9.47. The molecular weight excluding hydrogens is 208 g/mol. The highest BCUT2D eigenvalue weighted by atomic mass is 16.3. The highest BCUT2D eigenvalue weighted by molar-refractivity contribution is 5.98. The third kappa shape index (κ3) is 1.65. The SMILES string of the molecule is Cc1nn(C)c(C(=O)N2CC[C@@H](O)C2)c1N. The van der Waals surface area contributed by atoms with Crippen LogP contribution >= 0.6 is 0 Å². The third-order valence-electron chi connectivity index (χ3n) is 2.92. The minimum atomic E-state index is -0.417. The number of likely N-dealkylation sites (tertiary alicyclic amines) is 1. The molecule has 1 aromatic rings. The van der Waals surface area contributed by atoms with Crippen molar-refractivity contribution in [2.45, 2.75) is 19.4 Å². The molecule has 0 bridgehead atoms.